The number of carbonyl (C=O) groups is 1. The molecule has 6 heteroatoms. The van der Waals surface area contributed by atoms with Crippen LogP contribution in [0.5, 0.6) is 0 Å². The Kier molecular flexibility index (Phi) is 7.01. The van der Waals surface area contributed by atoms with E-state index in [0.29, 0.717) is 18.5 Å². The summed E-state index contributed by atoms with van der Waals surface area (Å²) in [6, 6.07) is 15.7. The topological polar surface area (TPSA) is 70.0 Å². The molecule has 1 aliphatic rings. The summed E-state index contributed by atoms with van der Waals surface area (Å²) in [7, 11) is -2.05. The van der Waals surface area contributed by atoms with Crippen molar-refractivity contribution in [3.8, 4) is 11.1 Å². The van der Waals surface area contributed by atoms with Gasteiger partial charge in [0, 0.05) is 18.5 Å². The molecule has 2 aromatic rings. The summed E-state index contributed by atoms with van der Waals surface area (Å²) < 4.78 is 6.55. The Balaban J connectivity index is 1.84. The molecular weight excluding hydrogens is 418 g/mol. The van der Waals surface area contributed by atoms with E-state index in [1.165, 1.54) is 5.56 Å². The molecule has 2 aromatic carbocycles. The van der Waals surface area contributed by atoms with Crippen molar-refractivity contribution in [2.75, 3.05) is 19.8 Å². The Morgan fingerprint density at radius 2 is 1.69 bits per heavy atom. The van der Waals surface area contributed by atoms with Gasteiger partial charge in [0.05, 0.1) is 24.9 Å². The fourth-order valence-corrected chi connectivity index (χ4v) is 5.51. The first-order chi connectivity index (χ1) is 14.9. The van der Waals surface area contributed by atoms with Gasteiger partial charge in [-0.3, -0.25) is 4.79 Å². The number of rotatable bonds is 6. The minimum Gasteiger partial charge on any atom is -0.412 e. The van der Waals surface area contributed by atoms with Gasteiger partial charge in [-0.05, 0) is 53.9 Å². The smallest absolute Gasteiger partial charge is 0.254 e. The molecule has 0 aromatic heterocycles. The SMILES string of the molecule is Cc1ccccc1-c1ccc(C(=O)N2C[C@H](O[Si](C)(C)C(C)(C)C)CC2(CO)CO)cc1. The molecule has 0 unspecified atom stereocenters. The highest BCUT2D eigenvalue weighted by atomic mass is 28.4. The molecule has 2 N–H and O–H groups in total. The van der Waals surface area contributed by atoms with Crippen LogP contribution in [-0.2, 0) is 4.43 Å². The zero-order chi connectivity index (χ0) is 23.7. The summed E-state index contributed by atoms with van der Waals surface area (Å²) in [4.78, 5) is 15.1. The molecule has 0 radical (unpaired) electrons. The number of aryl methyl sites for hydroxylation is 1. The monoisotopic (exact) mass is 455 g/mol. The standard InChI is InChI=1S/C26H37NO4Si/c1-19-9-7-8-10-23(19)20-11-13-21(14-12-20)24(30)27-16-22(15-26(27,17-28)18-29)31-32(5,6)25(2,3)4/h7-14,22,28-29H,15-18H2,1-6H3/t22-/m1/s1. The van der Waals surface area contributed by atoms with E-state index in [2.05, 4.69) is 52.9 Å². The zero-order valence-electron chi connectivity index (χ0n) is 20.2. The maximum atomic E-state index is 13.5. The maximum Gasteiger partial charge on any atom is 0.254 e. The normalized spacial score (nSPS) is 18.8. The van der Waals surface area contributed by atoms with E-state index < -0.39 is 13.9 Å². The first-order valence-corrected chi connectivity index (χ1v) is 14.2. The number of aliphatic hydroxyl groups is 2. The Hall–Kier alpha value is -1.99. The van der Waals surface area contributed by atoms with Gasteiger partial charge in [0.1, 0.15) is 0 Å². The van der Waals surface area contributed by atoms with Crippen molar-refractivity contribution in [1.29, 1.82) is 0 Å². The number of hydrogen-bond acceptors (Lipinski definition) is 4. The van der Waals surface area contributed by atoms with Crippen molar-refractivity contribution in [1.82, 2.24) is 4.90 Å². The molecular formula is C26H37NO4Si. The predicted octanol–water partition coefficient (Wildman–Crippen LogP) is 4.62. The average molecular weight is 456 g/mol. The zero-order valence-corrected chi connectivity index (χ0v) is 21.2. The Bertz CT molecular complexity index is 945. The van der Waals surface area contributed by atoms with Crippen LogP contribution in [0.4, 0.5) is 0 Å². The Morgan fingerprint density at radius 1 is 1.09 bits per heavy atom. The van der Waals surface area contributed by atoms with Gasteiger partial charge in [-0.15, -0.1) is 0 Å². The molecule has 1 fully saturated rings. The number of aliphatic hydroxyl groups excluding tert-OH is 2. The highest BCUT2D eigenvalue weighted by molar-refractivity contribution is 6.74. The third-order valence-electron chi connectivity index (χ3n) is 7.26. The van der Waals surface area contributed by atoms with Crippen LogP contribution in [0.1, 0.15) is 43.1 Å². The largest absolute Gasteiger partial charge is 0.412 e. The molecule has 0 saturated carbocycles. The number of nitrogens with zero attached hydrogens (tertiary/aromatic N) is 1. The second-order valence-corrected chi connectivity index (χ2v) is 15.3. The van der Waals surface area contributed by atoms with E-state index in [1.54, 1.807) is 4.90 Å². The second-order valence-electron chi connectivity index (χ2n) is 10.6. The third kappa shape index (κ3) is 4.69. The number of carbonyl (C=O) groups excluding carboxylic acids is 1. The third-order valence-corrected chi connectivity index (χ3v) is 11.8. The van der Waals surface area contributed by atoms with Crippen molar-refractivity contribution in [3.05, 3.63) is 59.7 Å². The maximum absolute atomic E-state index is 13.5. The van der Waals surface area contributed by atoms with Gasteiger partial charge in [0.2, 0.25) is 0 Å². The summed E-state index contributed by atoms with van der Waals surface area (Å²) in [5.74, 6) is -0.189. The Morgan fingerprint density at radius 3 is 2.22 bits per heavy atom. The van der Waals surface area contributed by atoms with Gasteiger partial charge in [0.25, 0.3) is 5.91 Å². The molecule has 1 aliphatic heterocycles. The summed E-state index contributed by atoms with van der Waals surface area (Å²) in [5, 5.41) is 20.4. The quantitative estimate of drug-likeness (QED) is 0.624. The first kappa shape index (κ1) is 24.6. The lowest BCUT2D eigenvalue weighted by atomic mass is 9.96. The second kappa shape index (κ2) is 9.10. The van der Waals surface area contributed by atoms with Gasteiger partial charge in [0.15, 0.2) is 8.32 Å². The van der Waals surface area contributed by atoms with Crippen LogP contribution < -0.4 is 0 Å². The lowest BCUT2D eigenvalue weighted by molar-refractivity contribution is 0.0145. The molecule has 1 amide bonds. The van der Waals surface area contributed by atoms with Crippen molar-refractivity contribution in [3.63, 3.8) is 0 Å². The fraction of sp³-hybridized carbons (Fsp3) is 0.500. The molecule has 3 rings (SSSR count). The van der Waals surface area contributed by atoms with Gasteiger partial charge >= 0.3 is 0 Å². The van der Waals surface area contributed by atoms with E-state index in [1.807, 2.05) is 36.4 Å². The van der Waals surface area contributed by atoms with Crippen molar-refractivity contribution >= 4 is 14.2 Å². The fourth-order valence-electron chi connectivity index (χ4n) is 4.16. The molecule has 1 atom stereocenters. The molecule has 0 aliphatic carbocycles. The molecule has 0 bridgehead atoms. The highest BCUT2D eigenvalue weighted by Crippen LogP contribution is 2.41. The molecule has 174 valence electrons. The van der Waals surface area contributed by atoms with Crippen LogP contribution in [-0.4, -0.2) is 60.7 Å². The van der Waals surface area contributed by atoms with Gasteiger partial charge in [-0.1, -0.05) is 57.2 Å². The van der Waals surface area contributed by atoms with Crippen molar-refractivity contribution in [2.24, 2.45) is 0 Å². The average Bonchev–Trinajstić information content (AvgIpc) is 3.11. The number of amides is 1. The van der Waals surface area contributed by atoms with E-state index in [0.717, 1.165) is 11.1 Å². The molecule has 1 saturated heterocycles. The predicted molar refractivity (Wildman–Crippen MR) is 131 cm³/mol. The molecule has 5 nitrogen and oxygen atoms in total. The number of benzene rings is 2. The number of likely N-dealkylation sites (tertiary alicyclic amines) is 1. The number of hydrogen-bond donors (Lipinski definition) is 2. The Labute approximate surface area is 193 Å². The van der Waals surface area contributed by atoms with E-state index in [9.17, 15) is 15.0 Å². The van der Waals surface area contributed by atoms with Gasteiger partial charge < -0.3 is 19.5 Å². The van der Waals surface area contributed by atoms with E-state index in [-0.39, 0.29) is 30.3 Å². The van der Waals surface area contributed by atoms with Crippen LogP contribution in [0.3, 0.4) is 0 Å². The minimum absolute atomic E-state index is 0.0386. The summed E-state index contributed by atoms with van der Waals surface area (Å²) >= 11 is 0. The molecule has 1 heterocycles. The van der Waals surface area contributed by atoms with Crippen LogP contribution in [0.25, 0.3) is 11.1 Å². The van der Waals surface area contributed by atoms with Crippen molar-refractivity contribution < 1.29 is 19.4 Å². The van der Waals surface area contributed by atoms with Gasteiger partial charge in [-0.25, -0.2) is 0 Å². The van der Waals surface area contributed by atoms with Crippen LogP contribution in [0.15, 0.2) is 48.5 Å². The summed E-state index contributed by atoms with van der Waals surface area (Å²) in [5.41, 5.74) is 2.89. The van der Waals surface area contributed by atoms with Gasteiger partial charge in [-0.2, -0.15) is 0 Å². The first-order valence-electron chi connectivity index (χ1n) is 11.3. The van der Waals surface area contributed by atoms with E-state index >= 15 is 0 Å². The van der Waals surface area contributed by atoms with Crippen LogP contribution in [0, 0.1) is 6.92 Å². The lowest BCUT2D eigenvalue weighted by Crippen LogP contribution is -2.52. The van der Waals surface area contributed by atoms with E-state index in [4.69, 9.17) is 4.43 Å². The minimum atomic E-state index is -2.05. The summed E-state index contributed by atoms with van der Waals surface area (Å²) in [6.45, 7) is 12.7. The van der Waals surface area contributed by atoms with Crippen molar-refractivity contribution in [2.45, 2.75) is 63.9 Å². The van der Waals surface area contributed by atoms with Crippen LogP contribution >= 0.6 is 0 Å². The molecule has 32 heavy (non-hydrogen) atoms. The van der Waals surface area contributed by atoms with Crippen LogP contribution in [0.2, 0.25) is 18.1 Å². The summed E-state index contributed by atoms with van der Waals surface area (Å²) in [6.07, 6.45) is 0.227. The highest BCUT2D eigenvalue weighted by Gasteiger charge is 2.50. The molecule has 0 spiro atoms. The lowest BCUT2D eigenvalue weighted by Gasteiger charge is -2.38.